The van der Waals surface area contributed by atoms with Gasteiger partial charge in [0, 0.05) is 32.2 Å². The highest BCUT2D eigenvalue weighted by Gasteiger charge is 2.17. The van der Waals surface area contributed by atoms with Crippen LogP contribution in [0.4, 0.5) is 0 Å². The smallest absolute Gasteiger partial charge is 0.0110 e. The van der Waals surface area contributed by atoms with Gasteiger partial charge in [0.05, 0.1) is 0 Å². The highest BCUT2D eigenvalue weighted by atomic mass is 15.3. The van der Waals surface area contributed by atoms with Crippen LogP contribution in [0.15, 0.2) is 0 Å². The maximum atomic E-state index is 6.09. The van der Waals surface area contributed by atoms with E-state index in [-0.39, 0.29) is 0 Å². The fraction of sp³-hybridized carbons (Fsp3) is 1.00. The van der Waals surface area contributed by atoms with Gasteiger partial charge < -0.3 is 15.5 Å². The molecule has 0 aromatic rings. The van der Waals surface area contributed by atoms with E-state index in [1.54, 1.807) is 0 Å². The highest BCUT2D eigenvalue weighted by Crippen LogP contribution is 2.07. The molecule has 0 radical (unpaired) electrons. The zero-order valence-corrected chi connectivity index (χ0v) is 12.0. The van der Waals surface area contributed by atoms with Gasteiger partial charge in [-0.2, -0.15) is 0 Å². The van der Waals surface area contributed by atoms with Crippen molar-refractivity contribution in [1.29, 1.82) is 0 Å². The number of unbranched alkanes of at least 4 members (excludes halogenated alkanes) is 1. The largest absolute Gasteiger partial charge is 0.327 e. The minimum Gasteiger partial charge on any atom is -0.327 e. The third-order valence-corrected chi connectivity index (χ3v) is 3.93. The zero-order chi connectivity index (χ0) is 12.7. The van der Waals surface area contributed by atoms with Crippen molar-refractivity contribution in [3.63, 3.8) is 0 Å². The molecule has 3 nitrogen and oxygen atoms in total. The van der Waals surface area contributed by atoms with Gasteiger partial charge >= 0.3 is 0 Å². The summed E-state index contributed by atoms with van der Waals surface area (Å²) in [4.78, 5) is 5.17. The fourth-order valence-corrected chi connectivity index (χ4v) is 2.28. The minimum absolute atomic E-state index is 0.369. The summed E-state index contributed by atoms with van der Waals surface area (Å²) in [6.07, 6.45) is 3.80. The first-order chi connectivity index (χ1) is 8.13. The van der Waals surface area contributed by atoms with E-state index in [2.05, 4.69) is 30.6 Å². The van der Waals surface area contributed by atoms with E-state index in [0.29, 0.717) is 12.0 Å². The Labute approximate surface area is 107 Å². The van der Waals surface area contributed by atoms with Crippen molar-refractivity contribution in [3.8, 4) is 0 Å². The Kier molecular flexibility index (Phi) is 7.09. The van der Waals surface area contributed by atoms with Gasteiger partial charge in [-0.05, 0) is 31.8 Å². The molecule has 17 heavy (non-hydrogen) atoms. The maximum absolute atomic E-state index is 6.09. The van der Waals surface area contributed by atoms with Gasteiger partial charge in [-0.25, -0.2) is 0 Å². The molecule has 1 heterocycles. The molecule has 0 spiro atoms. The van der Waals surface area contributed by atoms with Crippen molar-refractivity contribution in [2.24, 2.45) is 11.7 Å². The van der Waals surface area contributed by atoms with E-state index in [4.69, 9.17) is 5.73 Å². The first-order valence-corrected chi connectivity index (χ1v) is 7.33. The molecular weight excluding hydrogens is 210 g/mol. The Bertz CT molecular complexity index is 186. The Hall–Kier alpha value is -0.120. The summed E-state index contributed by atoms with van der Waals surface area (Å²) in [5, 5.41) is 0. The van der Waals surface area contributed by atoms with Crippen LogP contribution in [-0.2, 0) is 0 Å². The number of hydrogen-bond donors (Lipinski definition) is 1. The Morgan fingerprint density at radius 1 is 1.00 bits per heavy atom. The van der Waals surface area contributed by atoms with Crippen LogP contribution in [0.1, 0.15) is 40.0 Å². The van der Waals surface area contributed by atoms with Crippen LogP contribution >= 0.6 is 0 Å². The van der Waals surface area contributed by atoms with Crippen molar-refractivity contribution in [2.45, 2.75) is 46.1 Å². The molecular formula is C14H31N3. The minimum atomic E-state index is 0.369. The van der Waals surface area contributed by atoms with Gasteiger partial charge in [0.2, 0.25) is 0 Å². The monoisotopic (exact) mass is 241 g/mol. The normalized spacial score (nSPS) is 21.0. The topological polar surface area (TPSA) is 32.5 Å². The van der Waals surface area contributed by atoms with Gasteiger partial charge in [0.1, 0.15) is 0 Å². The van der Waals surface area contributed by atoms with E-state index < -0.39 is 0 Å². The molecule has 1 fully saturated rings. The second-order valence-corrected chi connectivity index (χ2v) is 5.73. The molecule has 0 aromatic heterocycles. The molecule has 0 aliphatic carbocycles. The molecule has 1 aliphatic heterocycles. The average Bonchev–Trinajstić information content (AvgIpc) is 2.34. The summed E-state index contributed by atoms with van der Waals surface area (Å²) >= 11 is 0. The lowest BCUT2D eigenvalue weighted by Gasteiger charge is -2.35. The van der Waals surface area contributed by atoms with Crippen molar-refractivity contribution in [2.75, 3.05) is 39.3 Å². The van der Waals surface area contributed by atoms with Gasteiger partial charge in [-0.15, -0.1) is 0 Å². The molecule has 0 bridgehead atoms. The summed E-state index contributed by atoms with van der Waals surface area (Å²) in [5.74, 6) is 0.612. The van der Waals surface area contributed by atoms with Crippen LogP contribution in [0.5, 0.6) is 0 Å². The summed E-state index contributed by atoms with van der Waals surface area (Å²) in [6.45, 7) is 14.1. The number of hydrogen-bond acceptors (Lipinski definition) is 3. The molecule has 2 N–H and O–H groups in total. The SMILES string of the molecule is CCCCN1CCN(CC[C@@H](N)C(C)C)CC1. The van der Waals surface area contributed by atoms with Gasteiger partial charge in [-0.3, -0.25) is 0 Å². The third-order valence-electron chi connectivity index (χ3n) is 3.93. The third kappa shape index (κ3) is 5.84. The van der Waals surface area contributed by atoms with Crippen molar-refractivity contribution in [3.05, 3.63) is 0 Å². The first kappa shape index (κ1) is 14.9. The summed E-state index contributed by atoms with van der Waals surface area (Å²) in [7, 11) is 0. The number of nitrogens with zero attached hydrogens (tertiary/aromatic N) is 2. The van der Waals surface area contributed by atoms with Gasteiger partial charge in [0.15, 0.2) is 0 Å². The van der Waals surface area contributed by atoms with Crippen LogP contribution in [0.3, 0.4) is 0 Å². The fourth-order valence-electron chi connectivity index (χ4n) is 2.28. The molecule has 1 aliphatic rings. The highest BCUT2D eigenvalue weighted by molar-refractivity contribution is 4.74. The Balaban J connectivity index is 2.10. The lowest BCUT2D eigenvalue weighted by Crippen LogP contribution is -2.47. The Morgan fingerprint density at radius 2 is 1.53 bits per heavy atom. The summed E-state index contributed by atoms with van der Waals surface area (Å²) < 4.78 is 0. The first-order valence-electron chi connectivity index (χ1n) is 7.33. The lowest BCUT2D eigenvalue weighted by atomic mass is 10.0. The lowest BCUT2D eigenvalue weighted by molar-refractivity contribution is 0.127. The van der Waals surface area contributed by atoms with E-state index in [1.165, 1.54) is 52.1 Å². The van der Waals surface area contributed by atoms with Crippen molar-refractivity contribution < 1.29 is 0 Å². The summed E-state index contributed by atoms with van der Waals surface area (Å²) in [5.41, 5.74) is 6.09. The number of piperazine rings is 1. The van der Waals surface area contributed by atoms with Crippen molar-refractivity contribution >= 4 is 0 Å². The molecule has 0 unspecified atom stereocenters. The second kappa shape index (κ2) is 8.06. The number of nitrogens with two attached hydrogens (primary N) is 1. The standard InChI is InChI=1S/C14H31N3/c1-4-5-7-16-9-11-17(12-10-16)8-6-14(15)13(2)3/h13-14H,4-12,15H2,1-3H3/t14-/m1/s1. The van der Waals surface area contributed by atoms with Crippen LogP contribution < -0.4 is 5.73 Å². The van der Waals surface area contributed by atoms with Crippen molar-refractivity contribution in [1.82, 2.24) is 9.80 Å². The number of rotatable bonds is 7. The van der Waals surface area contributed by atoms with Crippen LogP contribution in [0, 0.1) is 5.92 Å². The van der Waals surface area contributed by atoms with Crippen LogP contribution in [-0.4, -0.2) is 55.1 Å². The molecule has 1 rings (SSSR count). The van der Waals surface area contributed by atoms with Gasteiger partial charge in [0.25, 0.3) is 0 Å². The molecule has 3 heteroatoms. The van der Waals surface area contributed by atoms with E-state index in [1.807, 2.05) is 0 Å². The molecule has 1 atom stereocenters. The zero-order valence-electron chi connectivity index (χ0n) is 12.0. The molecule has 102 valence electrons. The predicted molar refractivity (Wildman–Crippen MR) is 75.2 cm³/mol. The van der Waals surface area contributed by atoms with E-state index >= 15 is 0 Å². The molecule has 0 saturated carbocycles. The quantitative estimate of drug-likeness (QED) is 0.737. The van der Waals surface area contributed by atoms with Crippen LogP contribution in [0.25, 0.3) is 0 Å². The van der Waals surface area contributed by atoms with Gasteiger partial charge in [-0.1, -0.05) is 27.2 Å². The molecule has 0 amide bonds. The maximum Gasteiger partial charge on any atom is 0.0110 e. The summed E-state index contributed by atoms with van der Waals surface area (Å²) in [6, 6.07) is 0.369. The molecule has 0 aromatic carbocycles. The second-order valence-electron chi connectivity index (χ2n) is 5.73. The molecule has 1 saturated heterocycles. The van der Waals surface area contributed by atoms with Crippen LogP contribution in [0.2, 0.25) is 0 Å². The van der Waals surface area contributed by atoms with E-state index in [0.717, 1.165) is 6.42 Å². The average molecular weight is 241 g/mol. The van der Waals surface area contributed by atoms with E-state index in [9.17, 15) is 0 Å². The predicted octanol–water partition coefficient (Wildman–Crippen LogP) is 1.78. The Morgan fingerprint density at radius 3 is 2.00 bits per heavy atom.